The lowest BCUT2D eigenvalue weighted by molar-refractivity contribution is -0.145. The van der Waals surface area contributed by atoms with Crippen LogP contribution in [-0.2, 0) is 9.53 Å². The van der Waals surface area contributed by atoms with E-state index in [0.29, 0.717) is 28.8 Å². The minimum atomic E-state index is -0.351. The molecule has 1 saturated carbocycles. The molecule has 0 spiro atoms. The van der Waals surface area contributed by atoms with E-state index in [9.17, 15) is 9.59 Å². The number of nitrogens with two attached hydrogens (primary N) is 1. The summed E-state index contributed by atoms with van der Waals surface area (Å²) in [7, 11) is 0. The number of imidazole rings is 1. The van der Waals surface area contributed by atoms with Gasteiger partial charge in [0.15, 0.2) is 15.9 Å². The van der Waals surface area contributed by atoms with Crippen molar-refractivity contribution in [1.82, 2.24) is 19.5 Å². The minimum Gasteiger partial charge on any atom is -0.466 e. The molecule has 1 aliphatic rings. The number of ether oxygens (including phenoxy) is 1. The first-order valence-electron chi connectivity index (χ1n) is 7.49. The highest BCUT2D eigenvalue weighted by Gasteiger charge is 2.43. The van der Waals surface area contributed by atoms with E-state index >= 15 is 0 Å². The molecule has 0 aliphatic heterocycles. The summed E-state index contributed by atoms with van der Waals surface area (Å²) < 4.78 is 7.61. The molecule has 1 aliphatic carbocycles. The molecule has 23 heavy (non-hydrogen) atoms. The van der Waals surface area contributed by atoms with Gasteiger partial charge in [0.25, 0.3) is 5.56 Å². The molecule has 3 N–H and O–H groups in total. The van der Waals surface area contributed by atoms with Crippen molar-refractivity contribution in [2.75, 3.05) is 12.3 Å². The first kappa shape index (κ1) is 16.0. The van der Waals surface area contributed by atoms with E-state index in [-0.39, 0.29) is 29.0 Å². The van der Waals surface area contributed by atoms with Gasteiger partial charge < -0.3 is 10.5 Å². The molecule has 0 aromatic carbocycles. The Balaban J connectivity index is 1.93. The molecular weight excluding hydrogens is 366 g/mol. The van der Waals surface area contributed by atoms with E-state index < -0.39 is 0 Å². The van der Waals surface area contributed by atoms with Crippen LogP contribution < -0.4 is 11.3 Å². The van der Waals surface area contributed by atoms with Crippen LogP contribution in [0.4, 0.5) is 5.95 Å². The number of hydrogen-bond donors (Lipinski definition) is 2. The van der Waals surface area contributed by atoms with Crippen LogP contribution in [0, 0.1) is 11.8 Å². The van der Waals surface area contributed by atoms with Crippen molar-refractivity contribution in [2.24, 2.45) is 11.8 Å². The summed E-state index contributed by atoms with van der Waals surface area (Å²) in [5, 5.41) is 0. The van der Waals surface area contributed by atoms with Gasteiger partial charge in [-0.25, -0.2) is 4.98 Å². The van der Waals surface area contributed by atoms with Gasteiger partial charge in [-0.2, -0.15) is 4.98 Å². The smallest absolute Gasteiger partial charge is 0.302 e. The van der Waals surface area contributed by atoms with Crippen LogP contribution in [0.3, 0.4) is 0 Å². The number of H-pyrrole nitrogens is 1. The maximum Gasteiger partial charge on any atom is 0.302 e. The van der Waals surface area contributed by atoms with Gasteiger partial charge in [0, 0.05) is 13.0 Å². The number of esters is 1. The predicted octanol–water partition coefficient (Wildman–Crippen LogP) is 1.61. The summed E-state index contributed by atoms with van der Waals surface area (Å²) in [6, 6.07) is 0.147. The fourth-order valence-electron chi connectivity index (χ4n) is 3.36. The lowest BCUT2D eigenvalue weighted by Crippen LogP contribution is -2.41. The minimum absolute atomic E-state index is 0.0694. The standard InChI is InChI=1S/C14H18BrN5O3/c1-3-8-7(5-23-6(2)21)4-9(8)20-11-10(17-13(20)15)12(22)19-14(16)18-11/h7-9H,3-5H2,1-2H3,(H3,16,18,19,22). The average Bonchev–Trinajstić information content (AvgIpc) is 2.75. The van der Waals surface area contributed by atoms with Gasteiger partial charge in [0.1, 0.15) is 0 Å². The number of halogens is 1. The van der Waals surface area contributed by atoms with E-state index in [1.165, 1.54) is 6.92 Å². The molecule has 0 bridgehead atoms. The largest absolute Gasteiger partial charge is 0.466 e. The SMILES string of the molecule is CCC1C(COC(C)=O)CC1n1c(Br)nc2c(=O)[nH]c(N)nc21. The highest BCUT2D eigenvalue weighted by atomic mass is 79.9. The third-order valence-electron chi connectivity index (χ3n) is 4.47. The number of carbonyl (C=O) groups excluding carboxylic acids is 1. The van der Waals surface area contributed by atoms with Crippen molar-refractivity contribution in [3.63, 3.8) is 0 Å². The number of nitrogens with one attached hydrogen (secondary N) is 1. The van der Waals surface area contributed by atoms with Crippen molar-refractivity contribution in [2.45, 2.75) is 32.7 Å². The first-order valence-corrected chi connectivity index (χ1v) is 8.28. The third-order valence-corrected chi connectivity index (χ3v) is 5.03. The Morgan fingerprint density at radius 1 is 1.52 bits per heavy atom. The lowest BCUT2D eigenvalue weighted by Gasteiger charge is -2.45. The van der Waals surface area contributed by atoms with Crippen LogP contribution >= 0.6 is 15.9 Å². The van der Waals surface area contributed by atoms with Gasteiger partial charge in [-0.05, 0) is 34.2 Å². The van der Waals surface area contributed by atoms with Crippen LogP contribution in [-0.4, -0.2) is 32.1 Å². The monoisotopic (exact) mass is 383 g/mol. The predicted molar refractivity (Wildman–Crippen MR) is 87.8 cm³/mol. The summed E-state index contributed by atoms with van der Waals surface area (Å²) in [6.07, 6.45) is 1.77. The first-order chi connectivity index (χ1) is 10.9. The molecule has 0 amide bonds. The van der Waals surface area contributed by atoms with Crippen molar-refractivity contribution in [3.8, 4) is 0 Å². The van der Waals surface area contributed by atoms with Gasteiger partial charge in [0.2, 0.25) is 5.95 Å². The molecule has 3 atom stereocenters. The van der Waals surface area contributed by atoms with Crippen LogP contribution in [0.1, 0.15) is 32.7 Å². The molecular formula is C14H18BrN5O3. The maximum absolute atomic E-state index is 12.0. The molecule has 1 fully saturated rings. The maximum atomic E-state index is 12.0. The number of aromatic nitrogens is 4. The summed E-state index contributed by atoms with van der Waals surface area (Å²) in [5.41, 5.74) is 6.05. The number of nitrogen functional groups attached to an aromatic ring is 1. The van der Waals surface area contributed by atoms with E-state index in [1.807, 2.05) is 4.57 Å². The second kappa shape index (κ2) is 5.95. The zero-order valence-electron chi connectivity index (χ0n) is 12.9. The summed E-state index contributed by atoms with van der Waals surface area (Å²) >= 11 is 3.42. The normalized spacial score (nSPS) is 23.7. The van der Waals surface area contributed by atoms with Crippen molar-refractivity contribution in [3.05, 3.63) is 15.1 Å². The van der Waals surface area contributed by atoms with Crippen LogP contribution in [0.25, 0.3) is 11.2 Å². The van der Waals surface area contributed by atoms with Gasteiger partial charge in [0.05, 0.1) is 6.61 Å². The summed E-state index contributed by atoms with van der Waals surface area (Å²) in [6.45, 7) is 3.93. The van der Waals surface area contributed by atoms with Crippen molar-refractivity contribution in [1.29, 1.82) is 0 Å². The zero-order chi connectivity index (χ0) is 16.7. The van der Waals surface area contributed by atoms with Gasteiger partial charge in [-0.15, -0.1) is 0 Å². The van der Waals surface area contributed by atoms with Crippen molar-refractivity contribution < 1.29 is 9.53 Å². The van der Waals surface area contributed by atoms with Crippen LogP contribution in [0.2, 0.25) is 0 Å². The number of rotatable bonds is 4. The Labute approximate surface area is 140 Å². The molecule has 0 radical (unpaired) electrons. The summed E-state index contributed by atoms with van der Waals surface area (Å²) in [4.78, 5) is 33.9. The number of anilines is 1. The number of nitrogens with zero attached hydrogens (tertiary/aromatic N) is 3. The Kier molecular flexibility index (Phi) is 4.13. The fraction of sp³-hybridized carbons (Fsp3) is 0.571. The van der Waals surface area contributed by atoms with Gasteiger partial charge in [-0.1, -0.05) is 13.3 Å². The number of fused-ring (bicyclic) bond motifs is 1. The second-order valence-electron chi connectivity index (χ2n) is 5.81. The Morgan fingerprint density at radius 2 is 2.26 bits per heavy atom. The molecule has 0 saturated heterocycles. The second-order valence-corrected chi connectivity index (χ2v) is 6.52. The molecule has 2 heterocycles. The Bertz CT molecular complexity index is 815. The Hall–Kier alpha value is -1.90. The van der Waals surface area contributed by atoms with E-state index in [0.717, 1.165) is 12.8 Å². The molecule has 9 heteroatoms. The van der Waals surface area contributed by atoms with Gasteiger partial charge >= 0.3 is 5.97 Å². The van der Waals surface area contributed by atoms with Crippen LogP contribution in [0.15, 0.2) is 9.53 Å². The highest BCUT2D eigenvalue weighted by Crippen LogP contribution is 2.48. The molecule has 124 valence electrons. The third kappa shape index (κ3) is 2.73. The van der Waals surface area contributed by atoms with E-state index in [1.54, 1.807) is 0 Å². The lowest BCUT2D eigenvalue weighted by atomic mass is 9.68. The molecule has 3 unspecified atom stereocenters. The topological polar surface area (TPSA) is 116 Å². The molecule has 3 rings (SSSR count). The van der Waals surface area contributed by atoms with Gasteiger partial charge in [-0.3, -0.25) is 19.1 Å². The molecule has 2 aromatic heterocycles. The number of aromatic amines is 1. The molecule has 2 aromatic rings. The van der Waals surface area contributed by atoms with E-state index in [4.69, 9.17) is 10.5 Å². The van der Waals surface area contributed by atoms with Crippen molar-refractivity contribution >= 4 is 39.0 Å². The zero-order valence-corrected chi connectivity index (χ0v) is 14.5. The summed E-state index contributed by atoms with van der Waals surface area (Å²) in [5.74, 6) is 0.432. The quantitative estimate of drug-likeness (QED) is 0.611. The highest BCUT2D eigenvalue weighted by molar-refractivity contribution is 9.10. The number of hydrogen-bond acceptors (Lipinski definition) is 6. The van der Waals surface area contributed by atoms with E-state index in [2.05, 4.69) is 37.8 Å². The fourth-order valence-corrected chi connectivity index (χ4v) is 3.97. The van der Waals surface area contributed by atoms with Crippen LogP contribution in [0.5, 0.6) is 0 Å². The molecule has 8 nitrogen and oxygen atoms in total. The Morgan fingerprint density at radius 3 is 2.91 bits per heavy atom. The number of carbonyl (C=O) groups is 1. The average molecular weight is 384 g/mol.